The Morgan fingerprint density at radius 3 is 2.91 bits per heavy atom. The Labute approximate surface area is 134 Å². The fourth-order valence-electron chi connectivity index (χ4n) is 2.64. The van der Waals surface area contributed by atoms with E-state index in [0.717, 1.165) is 28.9 Å². The zero-order valence-corrected chi connectivity index (χ0v) is 13.7. The average Bonchev–Trinajstić information content (AvgIpc) is 3.07. The third kappa shape index (κ3) is 2.92. The van der Waals surface area contributed by atoms with Crippen molar-refractivity contribution in [2.24, 2.45) is 0 Å². The smallest absolute Gasteiger partial charge is 0.267 e. The van der Waals surface area contributed by atoms with E-state index in [-0.39, 0.29) is 5.91 Å². The summed E-state index contributed by atoms with van der Waals surface area (Å²) in [5.74, 6) is 0.0119. The number of hydrogen-bond donors (Lipinski definition) is 1. The molecule has 3 nitrogen and oxygen atoms in total. The quantitative estimate of drug-likeness (QED) is 0.753. The second-order valence-electron chi connectivity index (χ2n) is 5.54. The van der Waals surface area contributed by atoms with Crippen LogP contribution in [-0.2, 0) is 6.54 Å². The van der Waals surface area contributed by atoms with Gasteiger partial charge in [0.1, 0.15) is 10.5 Å². The van der Waals surface area contributed by atoms with Gasteiger partial charge in [-0.2, -0.15) is 0 Å². The molecule has 1 amide bonds. The van der Waals surface area contributed by atoms with E-state index in [2.05, 4.69) is 59.4 Å². The van der Waals surface area contributed by atoms with Crippen molar-refractivity contribution >= 4 is 27.5 Å². The summed E-state index contributed by atoms with van der Waals surface area (Å²) in [7, 11) is 0. The number of aromatic nitrogens is 1. The number of thiophene rings is 1. The molecule has 0 aliphatic carbocycles. The van der Waals surface area contributed by atoms with Crippen LogP contribution >= 0.6 is 11.3 Å². The second kappa shape index (κ2) is 6.36. The number of carbonyl (C=O) groups is 1. The number of fused-ring (bicyclic) bond motifs is 1. The lowest BCUT2D eigenvalue weighted by Gasteiger charge is -2.11. The number of nitrogens with zero attached hydrogens (tertiary/aromatic N) is 1. The Morgan fingerprint density at radius 1 is 1.27 bits per heavy atom. The van der Waals surface area contributed by atoms with Gasteiger partial charge in [0.05, 0.1) is 0 Å². The summed E-state index contributed by atoms with van der Waals surface area (Å²) in [4.78, 5) is 13.6. The SMILES string of the molecule is CCCNC(=O)c1cc2ccsc2n1Cc1cccc(C)c1. The minimum atomic E-state index is 0.0119. The molecular weight excluding hydrogens is 292 g/mol. The Balaban J connectivity index is 1.98. The number of amides is 1. The van der Waals surface area contributed by atoms with Crippen LogP contribution in [0.1, 0.15) is 35.0 Å². The molecule has 1 aromatic carbocycles. The van der Waals surface area contributed by atoms with E-state index in [9.17, 15) is 4.79 Å². The number of benzene rings is 1. The molecule has 2 aromatic heterocycles. The van der Waals surface area contributed by atoms with E-state index in [1.165, 1.54) is 11.1 Å². The van der Waals surface area contributed by atoms with E-state index in [1.54, 1.807) is 11.3 Å². The third-order valence-electron chi connectivity index (χ3n) is 3.69. The summed E-state index contributed by atoms with van der Waals surface area (Å²) in [6.07, 6.45) is 0.943. The maximum Gasteiger partial charge on any atom is 0.267 e. The fraction of sp³-hybridized carbons (Fsp3) is 0.278. The van der Waals surface area contributed by atoms with Crippen molar-refractivity contribution in [3.8, 4) is 0 Å². The van der Waals surface area contributed by atoms with E-state index >= 15 is 0 Å². The predicted octanol–water partition coefficient (Wildman–Crippen LogP) is 4.20. The predicted molar refractivity (Wildman–Crippen MR) is 92.7 cm³/mol. The summed E-state index contributed by atoms with van der Waals surface area (Å²) < 4.78 is 2.12. The monoisotopic (exact) mass is 312 g/mol. The van der Waals surface area contributed by atoms with Gasteiger partial charge in [-0.05, 0) is 36.4 Å². The highest BCUT2D eigenvalue weighted by atomic mass is 32.1. The summed E-state index contributed by atoms with van der Waals surface area (Å²) in [5, 5.41) is 6.19. The lowest BCUT2D eigenvalue weighted by molar-refractivity contribution is 0.0945. The van der Waals surface area contributed by atoms with Gasteiger partial charge in [-0.1, -0.05) is 36.8 Å². The molecule has 0 aliphatic rings. The summed E-state index contributed by atoms with van der Waals surface area (Å²) >= 11 is 1.68. The van der Waals surface area contributed by atoms with E-state index in [0.29, 0.717) is 6.54 Å². The highest BCUT2D eigenvalue weighted by Crippen LogP contribution is 2.26. The average molecular weight is 312 g/mol. The molecule has 3 aromatic rings. The van der Waals surface area contributed by atoms with Crippen LogP contribution in [0.25, 0.3) is 10.2 Å². The standard InChI is InChI=1S/C18H20N2OS/c1-3-8-19-17(21)16-11-15-7-9-22-18(15)20(16)12-14-6-4-5-13(2)10-14/h4-7,9-11H,3,8,12H2,1-2H3,(H,19,21). The van der Waals surface area contributed by atoms with Gasteiger partial charge in [0, 0.05) is 18.5 Å². The molecule has 2 heterocycles. The molecule has 0 fully saturated rings. The van der Waals surface area contributed by atoms with E-state index < -0.39 is 0 Å². The molecule has 0 saturated heterocycles. The molecule has 3 rings (SSSR count). The number of carbonyl (C=O) groups excluding carboxylic acids is 1. The zero-order chi connectivity index (χ0) is 15.5. The molecule has 1 N–H and O–H groups in total. The lowest BCUT2D eigenvalue weighted by atomic mass is 10.1. The van der Waals surface area contributed by atoms with Crippen LogP contribution in [0.4, 0.5) is 0 Å². The second-order valence-corrected chi connectivity index (χ2v) is 6.44. The molecule has 0 unspecified atom stereocenters. The van der Waals surface area contributed by atoms with Crippen molar-refractivity contribution in [2.45, 2.75) is 26.8 Å². The number of rotatable bonds is 5. The van der Waals surface area contributed by atoms with Gasteiger partial charge in [0.25, 0.3) is 5.91 Å². The van der Waals surface area contributed by atoms with Gasteiger partial charge >= 0.3 is 0 Å². The van der Waals surface area contributed by atoms with Crippen molar-refractivity contribution in [2.75, 3.05) is 6.54 Å². The van der Waals surface area contributed by atoms with Gasteiger partial charge in [0.15, 0.2) is 0 Å². The summed E-state index contributed by atoms with van der Waals surface area (Å²) in [6, 6.07) is 12.5. The van der Waals surface area contributed by atoms with Crippen LogP contribution in [0.3, 0.4) is 0 Å². The van der Waals surface area contributed by atoms with Crippen LogP contribution in [-0.4, -0.2) is 17.0 Å². The Bertz CT molecular complexity index is 800. The zero-order valence-electron chi connectivity index (χ0n) is 12.9. The number of hydrogen-bond acceptors (Lipinski definition) is 2. The first-order chi connectivity index (χ1) is 10.7. The van der Waals surface area contributed by atoms with E-state index in [1.807, 2.05) is 6.07 Å². The van der Waals surface area contributed by atoms with Crippen molar-refractivity contribution < 1.29 is 4.79 Å². The summed E-state index contributed by atoms with van der Waals surface area (Å²) in [6.45, 7) is 5.59. The van der Waals surface area contributed by atoms with Crippen LogP contribution in [0.15, 0.2) is 41.8 Å². The molecule has 0 atom stereocenters. The van der Waals surface area contributed by atoms with Gasteiger partial charge in [-0.15, -0.1) is 11.3 Å². The molecule has 0 spiro atoms. The highest BCUT2D eigenvalue weighted by molar-refractivity contribution is 7.16. The Hall–Kier alpha value is -2.07. The molecule has 22 heavy (non-hydrogen) atoms. The molecule has 4 heteroatoms. The maximum absolute atomic E-state index is 12.4. The lowest BCUT2D eigenvalue weighted by Crippen LogP contribution is -2.26. The number of aryl methyl sites for hydroxylation is 1. The Kier molecular flexibility index (Phi) is 4.29. The first-order valence-electron chi connectivity index (χ1n) is 7.59. The molecule has 114 valence electrons. The van der Waals surface area contributed by atoms with Crippen LogP contribution < -0.4 is 5.32 Å². The molecule has 0 radical (unpaired) electrons. The van der Waals surface area contributed by atoms with E-state index in [4.69, 9.17) is 0 Å². The molecular formula is C18H20N2OS. The van der Waals surface area contributed by atoms with Crippen molar-refractivity contribution in [3.63, 3.8) is 0 Å². The first-order valence-corrected chi connectivity index (χ1v) is 8.47. The molecule has 0 aliphatic heterocycles. The van der Waals surface area contributed by atoms with Crippen molar-refractivity contribution in [1.82, 2.24) is 9.88 Å². The summed E-state index contributed by atoms with van der Waals surface area (Å²) in [5.41, 5.74) is 3.20. The largest absolute Gasteiger partial charge is 0.351 e. The van der Waals surface area contributed by atoms with Crippen LogP contribution in [0.5, 0.6) is 0 Å². The topological polar surface area (TPSA) is 34.0 Å². The minimum Gasteiger partial charge on any atom is -0.351 e. The van der Waals surface area contributed by atoms with Gasteiger partial charge in [0.2, 0.25) is 0 Å². The molecule has 0 bridgehead atoms. The van der Waals surface area contributed by atoms with Gasteiger partial charge in [-0.3, -0.25) is 4.79 Å². The Morgan fingerprint density at radius 2 is 2.14 bits per heavy atom. The minimum absolute atomic E-state index is 0.0119. The number of nitrogens with one attached hydrogen (secondary N) is 1. The van der Waals surface area contributed by atoms with Crippen LogP contribution in [0.2, 0.25) is 0 Å². The van der Waals surface area contributed by atoms with Gasteiger partial charge in [-0.25, -0.2) is 0 Å². The van der Waals surface area contributed by atoms with Crippen LogP contribution in [0, 0.1) is 6.92 Å². The molecule has 0 saturated carbocycles. The first kappa shape index (κ1) is 14.9. The fourth-order valence-corrected chi connectivity index (χ4v) is 3.54. The maximum atomic E-state index is 12.4. The van der Waals surface area contributed by atoms with Crippen molar-refractivity contribution in [1.29, 1.82) is 0 Å². The third-order valence-corrected chi connectivity index (χ3v) is 4.65. The van der Waals surface area contributed by atoms with Gasteiger partial charge < -0.3 is 9.88 Å². The normalized spacial score (nSPS) is 11.0. The highest BCUT2D eigenvalue weighted by Gasteiger charge is 2.16. The van der Waals surface area contributed by atoms with Crippen molar-refractivity contribution in [3.05, 3.63) is 58.6 Å².